The van der Waals surface area contributed by atoms with Crippen LogP contribution in [0.1, 0.15) is 63.9 Å². The maximum atomic E-state index is 13.5. The smallest absolute Gasteiger partial charge is 0.258 e. The standard InChI is InChI=1S/C31H39N5O4S/c1-35(2)41(39,40)28-11-8-24(9-12-28)14-20-34-30(37)26-10-13-29-27(22-26)23-33-17-6-4-3-5-7-21-36(29)31(38)25-15-18-32-19-16-25/h8-13,15-16,18-19,22,33H,3-7,14,17,20-21,23H2,1-2H3,(H,34,37). The molecule has 1 aromatic heterocycles. The van der Waals surface area contributed by atoms with Crippen molar-refractivity contribution in [3.05, 3.63) is 89.2 Å². The highest BCUT2D eigenvalue weighted by molar-refractivity contribution is 7.89. The van der Waals surface area contributed by atoms with Crippen molar-refractivity contribution in [3.8, 4) is 0 Å². The first kappa shape index (κ1) is 30.4. The number of amides is 2. The summed E-state index contributed by atoms with van der Waals surface area (Å²) in [6.07, 6.45) is 9.17. The molecule has 218 valence electrons. The minimum atomic E-state index is -3.48. The Labute approximate surface area is 243 Å². The lowest BCUT2D eigenvalue weighted by molar-refractivity contribution is 0.0953. The van der Waals surface area contributed by atoms with Gasteiger partial charge in [0.25, 0.3) is 11.8 Å². The molecule has 0 saturated carbocycles. The zero-order valence-electron chi connectivity index (χ0n) is 23.8. The summed E-state index contributed by atoms with van der Waals surface area (Å²) in [5.74, 6) is -0.273. The second-order valence-electron chi connectivity index (χ2n) is 10.4. The number of carbonyl (C=O) groups excluding carboxylic acids is 2. The van der Waals surface area contributed by atoms with Crippen molar-refractivity contribution in [3.63, 3.8) is 0 Å². The van der Waals surface area contributed by atoms with E-state index in [-0.39, 0.29) is 16.7 Å². The Bertz CT molecular complexity index is 1430. The van der Waals surface area contributed by atoms with Crippen LogP contribution < -0.4 is 15.5 Å². The van der Waals surface area contributed by atoms with Crippen LogP contribution in [0.25, 0.3) is 0 Å². The van der Waals surface area contributed by atoms with Crippen LogP contribution in [0.5, 0.6) is 0 Å². The Balaban J connectivity index is 1.48. The van der Waals surface area contributed by atoms with Crippen LogP contribution in [0.15, 0.2) is 71.9 Å². The van der Waals surface area contributed by atoms with Gasteiger partial charge < -0.3 is 15.5 Å². The molecule has 0 atom stereocenters. The van der Waals surface area contributed by atoms with E-state index in [9.17, 15) is 18.0 Å². The molecule has 0 aliphatic carbocycles. The predicted octanol–water partition coefficient (Wildman–Crippen LogP) is 4.00. The summed E-state index contributed by atoms with van der Waals surface area (Å²) < 4.78 is 25.7. The molecular weight excluding hydrogens is 538 g/mol. The monoisotopic (exact) mass is 577 g/mol. The van der Waals surface area contributed by atoms with Crippen LogP contribution in [-0.2, 0) is 23.0 Å². The molecule has 0 saturated heterocycles. The molecule has 2 heterocycles. The molecule has 0 fully saturated rings. The van der Waals surface area contributed by atoms with E-state index in [1.54, 1.807) is 54.9 Å². The van der Waals surface area contributed by atoms with E-state index in [0.717, 1.165) is 55.5 Å². The number of hydrogen-bond donors (Lipinski definition) is 2. The number of aromatic nitrogens is 1. The average molecular weight is 578 g/mol. The maximum absolute atomic E-state index is 13.5. The largest absolute Gasteiger partial charge is 0.352 e. The maximum Gasteiger partial charge on any atom is 0.258 e. The predicted molar refractivity (Wildman–Crippen MR) is 160 cm³/mol. The summed E-state index contributed by atoms with van der Waals surface area (Å²) in [6, 6.07) is 15.7. The summed E-state index contributed by atoms with van der Waals surface area (Å²) in [4.78, 5) is 32.7. The molecule has 0 radical (unpaired) electrons. The van der Waals surface area contributed by atoms with Crippen LogP contribution in [0, 0.1) is 0 Å². The van der Waals surface area contributed by atoms with Gasteiger partial charge in [-0.25, -0.2) is 12.7 Å². The van der Waals surface area contributed by atoms with E-state index >= 15 is 0 Å². The van der Waals surface area contributed by atoms with Crippen molar-refractivity contribution in [2.45, 2.75) is 50.0 Å². The Kier molecular flexibility index (Phi) is 10.6. The summed E-state index contributed by atoms with van der Waals surface area (Å²) in [5, 5.41) is 6.46. The number of sulfonamides is 1. The van der Waals surface area contributed by atoms with Gasteiger partial charge in [-0.05, 0) is 79.4 Å². The third-order valence-corrected chi connectivity index (χ3v) is 9.09. The number of pyridine rings is 1. The van der Waals surface area contributed by atoms with Gasteiger partial charge in [0.1, 0.15) is 0 Å². The third-order valence-electron chi connectivity index (χ3n) is 7.26. The lowest BCUT2D eigenvalue weighted by Crippen LogP contribution is -2.34. The molecule has 2 aromatic carbocycles. The molecule has 10 heteroatoms. The SMILES string of the molecule is CN(C)S(=O)(=O)c1ccc(CCNC(=O)c2ccc3c(c2)CNCCCCCCCN3C(=O)c2ccncc2)cc1. The first-order valence-electron chi connectivity index (χ1n) is 14.1. The van der Waals surface area contributed by atoms with Gasteiger partial charge in [0.2, 0.25) is 10.0 Å². The van der Waals surface area contributed by atoms with E-state index in [4.69, 9.17) is 0 Å². The molecule has 0 spiro atoms. The number of hydrogen-bond acceptors (Lipinski definition) is 6. The summed E-state index contributed by atoms with van der Waals surface area (Å²) in [7, 11) is -0.477. The van der Waals surface area contributed by atoms with Crippen LogP contribution in [0.2, 0.25) is 0 Å². The Morgan fingerprint density at radius 1 is 0.927 bits per heavy atom. The van der Waals surface area contributed by atoms with Crippen LogP contribution >= 0.6 is 0 Å². The topological polar surface area (TPSA) is 112 Å². The van der Waals surface area contributed by atoms with Crippen molar-refractivity contribution in [1.29, 1.82) is 0 Å². The third kappa shape index (κ3) is 8.00. The minimum absolute atomic E-state index is 0.0766. The fraction of sp³-hybridized carbons (Fsp3) is 0.387. The van der Waals surface area contributed by atoms with Gasteiger partial charge in [-0.15, -0.1) is 0 Å². The van der Waals surface area contributed by atoms with E-state index in [2.05, 4.69) is 15.6 Å². The Morgan fingerprint density at radius 3 is 2.37 bits per heavy atom. The van der Waals surface area contributed by atoms with Crippen LogP contribution in [0.4, 0.5) is 5.69 Å². The van der Waals surface area contributed by atoms with Gasteiger partial charge in [-0.1, -0.05) is 31.4 Å². The number of anilines is 1. The Hall–Kier alpha value is -3.60. The fourth-order valence-electron chi connectivity index (χ4n) is 4.85. The van der Waals surface area contributed by atoms with Gasteiger partial charge in [0, 0.05) is 62.9 Å². The first-order valence-corrected chi connectivity index (χ1v) is 15.6. The molecule has 3 aromatic rings. The molecule has 2 N–H and O–H groups in total. The quantitative estimate of drug-likeness (QED) is 0.439. The molecule has 4 rings (SSSR count). The normalized spacial score (nSPS) is 15.0. The van der Waals surface area contributed by atoms with Gasteiger partial charge in [-0.2, -0.15) is 0 Å². The molecule has 41 heavy (non-hydrogen) atoms. The average Bonchev–Trinajstić information content (AvgIpc) is 2.97. The van der Waals surface area contributed by atoms with Gasteiger partial charge in [0.05, 0.1) is 4.90 Å². The van der Waals surface area contributed by atoms with Crippen molar-refractivity contribution in [1.82, 2.24) is 19.9 Å². The summed E-state index contributed by atoms with van der Waals surface area (Å²) in [6.45, 7) is 2.44. The van der Waals surface area contributed by atoms with Gasteiger partial charge in [0.15, 0.2) is 0 Å². The number of nitrogens with zero attached hydrogens (tertiary/aromatic N) is 3. The number of carbonyl (C=O) groups is 2. The van der Waals surface area contributed by atoms with E-state index < -0.39 is 10.0 Å². The molecule has 2 amide bonds. The van der Waals surface area contributed by atoms with Crippen LogP contribution in [-0.4, -0.2) is 63.3 Å². The van der Waals surface area contributed by atoms with Crippen molar-refractivity contribution in [2.75, 3.05) is 38.6 Å². The van der Waals surface area contributed by atoms with E-state index in [1.165, 1.54) is 18.4 Å². The number of rotatable bonds is 7. The Morgan fingerprint density at radius 2 is 1.63 bits per heavy atom. The highest BCUT2D eigenvalue weighted by atomic mass is 32.2. The van der Waals surface area contributed by atoms with Gasteiger partial charge >= 0.3 is 0 Å². The minimum Gasteiger partial charge on any atom is -0.352 e. The summed E-state index contributed by atoms with van der Waals surface area (Å²) in [5.41, 5.74) is 3.75. The molecule has 0 bridgehead atoms. The molecule has 0 unspecified atom stereocenters. The number of nitrogens with one attached hydrogen (secondary N) is 2. The zero-order valence-corrected chi connectivity index (χ0v) is 24.6. The number of benzene rings is 2. The van der Waals surface area contributed by atoms with Crippen LogP contribution in [0.3, 0.4) is 0 Å². The molecule has 9 nitrogen and oxygen atoms in total. The fourth-order valence-corrected chi connectivity index (χ4v) is 5.75. The first-order chi connectivity index (χ1) is 19.8. The van der Waals surface area contributed by atoms with Crippen molar-refractivity contribution < 1.29 is 18.0 Å². The van der Waals surface area contributed by atoms with E-state index in [1.807, 2.05) is 17.0 Å². The summed E-state index contributed by atoms with van der Waals surface area (Å²) >= 11 is 0. The molecule has 1 aliphatic rings. The van der Waals surface area contributed by atoms with Gasteiger partial charge in [-0.3, -0.25) is 14.6 Å². The number of fused-ring (bicyclic) bond motifs is 1. The van der Waals surface area contributed by atoms with Crippen molar-refractivity contribution in [2.24, 2.45) is 0 Å². The van der Waals surface area contributed by atoms with Crippen molar-refractivity contribution >= 4 is 27.5 Å². The van der Waals surface area contributed by atoms with E-state index in [0.29, 0.717) is 37.2 Å². The lowest BCUT2D eigenvalue weighted by Gasteiger charge is -2.27. The highest BCUT2D eigenvalue weighted by Gasteiger charge is 2.22. The second-order valence-corrected chi connectivity index (χ2v) is 12.6. The molecular formula is C31H39N5O4S. The second kappa shape index (κ2) is 14.3. The highest BCUT2D eigenvalue weighted by Crippen LogP contribution is 2.26. The zero-order chi connectivity index (χ0) is 29.2. The lowest BCUT2D eigenvalue weighted by atomic mass is 10.0. The molecule has 1 aliphatic heterocycles.